The summed E-state index contributed by atoms with van der Waals surface area (Å²) >= 11 is 0. The zero-order chi connectivity index (χ0) is 18.2. The van der Waals surface area contributed by atoms with Crippen LogP contribution in [-0.4, -0.2) is 41.3 Å². The third-order valence-corrected chi connectivity index (χ3v) is 4.73. The highest BCUT2D eigenvalue weighted by molar-refractivity contribution is 5.86. The minimum absolute atomic E-state index is 0.208. The summed E-state index contributed by atoms with van der Waals surface area (Å²) in [6.07, 6.45) is 5.28. The molecular formula is C20H26N4O2. The number of hydrogen-bond acceptors (Lipinski definition) is 6. The van der Waals surface area contributed by atoms with Crippen LogP contribution in [-0.2, 0) is 17.8 Å². The van der Waals surface area contributed by atoms with Crippen LogP contribution in [0.1, 0.15) is 47.3 Å². The van der Waals surface area contributed by atoms with Crippen LogP contribution in [0, 0.1) is 0 Å². The van der Waals surface area contributed by atoms with Gasteiger partial charge in [-0.25, -0.2) is 4.79 Å². The van der Waals surface area contributed by atoms with Crippen molar-refractivity contribution in [3.05, 3.63) is 53.2 Å². The number of rotatable bonds is 6. The van der Waals surface area contributed by atoms with Crippen LogP contribution in [0.2, 0.25) is 0 Å². The molecule has 1 N–H and O–H groups in total. The van der Waals surface area contributed by atoms with Gasteiger partial charge in [-0.1, -0.05) is 37.1 Å². The summed E-state index contributed by atoms with van der Waals surface area (Å²) in [5.74, 6) is 0.161. The molecule has 0 unspecified atom stereocenters. The maximum atomic E-state index is 11.4. The Hall–Kier alpha value is -2.47. The van der Waals surface area contributed by atoms with Gasteiger partial charge in [-0.2, -0.15) is 0 Å². The first-order valence-electron chi connectivity index (χ1n) is 9.21. The lowest BCUT2D eigenvalue weighted by atomic mass is 10.1. The molecule has 1 saturated heterocycles. The number of likely N-dealkylation sites (tertiary alicyclic amines) is 1. The van der Waals surface area contributed by atoms with E-state index in [9.17, 15) is 4.79 Å². The van der Waals surface area contributed by atoms with Gasteiger partial charge in [-0.05, 0) is 49.2 Å². The summed E-state index contributed by atoms with van der Waals surface area (Å²) in [6.45, 7) is 4.03. The molecule has 26 heavy (non-hydrogen) atoms. The van der Waals surface area contributed by atoms with Crippen LogP contribution in [0.15, 0.2) is 36.4 Å². The highest BCUT2D eigenvalue weighted by Crippen LogP contribution is 2.17. The molecule has 1 fully saturated rings. The lowest BCUT2D eigenvalue weighted by Crippen LogP contribution is -2.24. The molecule has 0 radical (unpaired) electrons. The summed E-state index contributed by atoms with van der Waals surface area (Å²) in [5, 5.41) is 11.2. The smallest absolute Gasteiger partial charge is 0.358 e. The van der Waals surface area contributed by atoms with Gasteiger partial charge in [0.1, 0.15) is 5.82 Å². The summed E-state index contributed by atoms with van der Waals surface area (Å²) in [4.78, 5) is 14.0. The van der Waals surface area contributed by atoms with Crippen LogP contribution in [0.5, 0.6) is 0 Å². The number of ether oxygens (including phenoxy) is 1. The van der Waals surface area contributed by atoms with Crippen molar-refractivity contribution in [2.75, 3.05) is 25.5 Å². The molecule has 1 aliphatic rings. The Kier molecular flexibility index (Phi) is 6.55. The van der Waals surface area contributed by atoms with Gasteiger partial charge < -0.3 is 10.1 Å². The molecule has 0 spiro atoms. The Balaban J connectivity index is 1.62. The largest absolute Gasteiger partial charge is 0.464 e. The zero-order valence-electron chi connectivity index (χ0n) is 15.3. The summed E-state index contributed by atoms with van der Waals surface area (Å²) in [5.41, 5.74) is 2.82. The molecule has 6 nitrogen and oxygen atoms in total. The van der Waals surface area contributed by atoms with Gasteiger partial charge in [0, 0.05) is 13.1 Å². The molecule has 1 aromatic carbocycles. The quantitative estimate of drug-likeness (QED) is 0.803. The van der Waals surface area contributed by atoms with E-state index in [2.05, 4.69) is 49.4 Å². The minimum Gasteiger partial charge on any atom is -0.464 e. The number of carbonyl (C=O) groups excluding carboxylic acids is 1. The second-order valence-corrected chi connectivity index (χ2v) is 6.61. The second kappa shape index (κ2) is 9.29. The minimum atomic E-state index is -0.480. The molecular weight excluding hydrogens is 328 g/mol. The first kappa shape index (κ1) is 18.3. The van der Waals surface area contributed by atoms with Gasteiger partial charge in [0.05, 0.1) is 7.11 Å². The number of anilines is 1. The summed E-state index contributed by atoms with van der Waals surface area (Å²) in [6, 6.07) is 11.9. The van der Waals surface area contributed by atoms with E-state index in [-0.39, 0.29) is 5.69 Å². The Labute approximate surface area is 154 Å². The topological polar surface area (TPSA) is 67.3 Å². The van der Waals surface area contributed by atoms with Gasteiger partial charge in [0.15, 0.2) is 5.69 Å². The van der Waals surface area contributed by atoms with Crippen molar-refractivity contribution in [2.45, 2.75) is 38.8 Å². The molecule has 3 rings (SSSR count). The molecule has 0 atom stereocenters. The fraction of sp³-hybridized carbons (Fsp3) is 0.450. The van der Waals surface area contributed by atoms with Gasteiger partial charge in [-0.15, -0.1) is 10.2 Å². The molecule has 6 heteroatoms. The number of carbonyl (C=O) groups is 1. The van der Waals surface area contributed by atoms with E-state index in [1.807, 2.05) is 0 Å². The number of hydrogen-bond donors (Lipinski definition) is 1. The monoisotopic (exact) mass is 354 g/mol. The van der Waals surface area contributed by atoms with Gasteiger partial charge in [0.25, 0.3) is 0 Å². The SMILES string of the molecule is COC(=O)c1ccc(NCc2ccccc2CN2CCCCCC2)nn1. The van der Waals surface area contributed by atoms with Crippen molar-refractivity contribution in [2.24, 2.45) is 0 Å². The van der Waals surface area contributed by atoms with E-state index in [1.165, 1.54) is 57.0 Å². The summed E-state index contributed by atoms with van der Waals surface area (Å²) < 4.78 is 4.64. The van der Waals surface area contributed by atoms with Gasteiger partial charge >= 0.3 is 5.97 Å². The van der Waals surface area contributed by atoms with Crippen molar-refractivity contribution < 1.29 is 9.53 Å². The van der Waals surface area contributed by atoms with Gasteiger partial charge in [-0.3, -0.25) is 4.90 Å². The standard InChI is InChI=1S/C20H26N4O2/c1-26-20(25)18-10-11-19(23-22-18)21-14-16-8-4-5-9-17(16)15-24-12-6-2-3-7-13-24/h4-5,8-11H,2-3,6-7,12-15H2,1H3,(H,21,23). The van der Waals surface area contributed by atoms with E-state index >= 15 is 0 Å². The molecule has 0 bridgehead atoms. The van der Waals surface area contributed by atoms with E-state index in [0.717, 1.165) is 6.54 Å². The van der Waals surface area contributed by atoms with Crippen LogP contribution in [0.3, 0.4) is 0 Å². The molecule has 2 aromatic rings. The number of benzene rings is 1. The molecule has 0 saturated carbocycles. The normalized spacial score (nSPS) is 15.3. The number of esters is 1. The first-order valence-corrected chi connectivity index (χ1v) is 9.21. The molecule has 1 aromatic heterocycles. The fourth-order valence-electron chi connectivity index (χ4n) is 3.25. The van der Waals surface area contributed by atoms with Crippen molar-refractivity contribution in [1.82, 2.24) is 15.1 Å². The third-order valence-electron chi connectivity index (χ3n) is 4.73. The average Bonchev–Trinajstić information content (AvgIpc) is 2.96. The number of aromatic nitrogens is 2. The van der Waals surface area contributed by atoms with E-state index in [1.54, 1.807) is 12.1 Å². The van der Waals surface area contributed by atoms with Crippen LogP contribution in [0.4, 0.5) is 5.82 Å². The van der Waals surface area contributed by atoms with Crippen molar-refractivity contribution in [3.63, 3.8) is 0 Å². The number of nitrogens with zero attached hydrogens (tertiary/aromatic N) is 3. The molecule has 1 aliphatic heterocycles. The zero-order valence-corrected chi connectivity index (χ0v) is 15.3. The lowest BCUT2D eigenvalue weighted by molar-refractivity contribution is 0.0593. The highest BCUT2D eigenvalue weighted by Gasteiger charge is 2.12. The van der Waals surface area contributed by atoms with Gasteiger partial charge in [0.2, 0.25) is 0 Å². The molecule has 2 heterocycles. The van der Waals surface area contributed by atoms with E-state index < -0.39 is 5.97 Å². The van der Waals surface area contributed by atoms with Crippen molar-refractivity contribution in [1.29, 1.82) is 0 Å². The van der Waals surface area contributed by atoms with E-state index in [4.69, 9.17) is 0 Å². The molecule has 0 amide bonds. The predicted molar refractivity (Wildman–Crippen MR) is 101 cm³/mol. The Morgan fingerprint density at radius 2 is 1.77 bits per heavy atom. The van der Waals surface area contributed by atoms with Crippen LogP contribution < -0.4 is 5.32 Å². The van der Waals surface area contributed by atoms with Crippen LogP contribution in [0.25, 0.3) is 0 Å². The third kappa shape index (κ3) is 5.02. The van der Waals surface area contributed by atoms with Crippen molar-refractivity contribution in [3.8, 4) is 0 Å². The number of nitrogens with one attached hydrogen (secondary N) is 1. The van der Waals surface area contributed by atoms with E-state index in [0.29, 0.717) is 12.4 Å². The Bertz CT molecular complexity index is 710. The summed E-state index contributed by atoms with van der Waals surface area (Å²) in [7, 11) is 1.33. The maximum Gasteiger partial charge on any atom is 0.358 e. The fourth-order valence-corrected chi connectivity index (χ4v) is 3.25. The number of methoxy groups -OCH3 is 1. The maximum absolute atomic E-state index is 11.4. The Morgan fingerprint density at radius 3 is 2.42 bits per heavy atom. The van der Waals surface area contributed by atoms with Crippen LogP contribution >= 0.6 is 0 Å². The Morgan fingerprint density at radius 1 is 1.04 bits per heavy atom. The molecule has 138 valence electrons. The highest BCUT2D eigenvalue weighted by atomic mass is 16.5. The second-order valence-electron chi connectivity index (χ2n) is 6.61. The average molecular weight is 354 g/mol. The first-order chi connectivity index (χ1) is 12.8. The predicted octanol–water partition coefficient (Wildman–Crippen LogP) is 3.25. The lowest BCUT2D eigenvalue weighted by Gasteiger charge is -2.21. The molecule has 0 aliphatic carbocycles. The van der Waals surface area contributed by atoms with Crippen molar-refractivity contribution >= 4 is 11.8 Å².